The summed E-state index contributed by atoms with van der Waals surface area (Å²) < 4.78 is 0. The lowest BCUT2D eigenvalue weighted by Crippen LogP contribution is -2.52. The SMILES string of the molecule is CCC(C)(C)NC(=O)C(C)N(CCCN)c1ccccc1. The lowest BCUT2D eigenvalue weighted by atomic mass is 10.0. The molecule has 1 aromatic carbocycles. The van der Waals surface area contributed by atoms with Crippen LogP contribution in [0, 0.1) is 0 Å². The molecule has 1 amide bonds. The van der Waals surface area contributed by atoms with Crippen LogP contribution in [-0.4, -0.2) is 30.6 Å². The first kappa shape index (κ1) is 17.5. The maximum absolute atomic E-state index is 12.5. The van der Waals surface area contributed by atoms with Crippen LogP contribution in [0.5, 0.6) is 0 Å². The molecule has 0 spiro atoms. The highest BCUT2D eigenvalue weighted by atomic mass is 16.2. The van der Waals surface area contributed by atoms with Gasteiger partial charge in [0.15, 0.2) is 0 Å². The van der Waals surface area contributed by atoms with Gasteiger partial charge in [0, 0.05) is 17.8 Å². The number of nitrogens with zero attached hydrogens (tertiary/aromatic N) is 1. The zero-order valence-corrected chi connectivity index (χ0v) is 13.7. The molecule has 0 saturated carbocycles. The van der Waals surface area contributed by atoms with E-state index in [1.54, 1.807) is 0 Å². The number of nitrogens with one attached hydrogen (secondary N) is 1. The summed E-state index contributed by atoms with van der Waals surface area (Å²) in [6, 6.07) is 9.81. The maximum Gasteiger partial charge on any atom is 0.242 e. The number of carbonyl (C=O) groups excluding carboxylic acids is 1. The van der Waals surface area contributed by atoms with Crippen LogP contribution >= 0.6 is 0 Å². The number of anilines is 1. The minimum absolute atomic E-state index is 0.0581. The van der Waals surface area contributed by atoms with Crippen molar-refractivity contribution in [3.63, 3.8) is 0 Å². The number of amides is 1. The van der Waals surface area contributed by atoms with E-state index >= 15 is 0 Å². The third kappa shape index (κ3) is 5.38. The van der Waals surface area contributed by atoms with Gasteiger partial charge in [0.2, 0.25) is 5.91 Å². The van der Waals surface area contributed by atoms with Crippen molar-refractivity contribution in [1.82, 2.24) is 5.32 Å². The second-order valence-corrected chi connectivity index (χ2v) is 6.07. The van der Waals surface area contributed by atoms with Crippen LogP contribution in [0.15, 0.2) is 30.3 Å². The summed E-state index contributed by atoms with van der Waals surface area (Å²) in [5.74, 6) is 0.0581. The molecule has 1 atom stereocenters. The molecule has 118 valence electrons. The summed E-state index contributed by atoms with van der Waals surface area (Å²) in [5.41, 5.74) is 6.51. The molecule has 0 heterocycles. The Bertz CT molecular complexity index is 431. The first-order valence-electron chi connectivity index (χ1n) is 7.75. The second kappa shape index (κ2) is 8.03. The van der Waals surface area contributed by atoms with Gasteiger partial charge in [-0.05, 0) is 52.3 Å². The lowest BCUT2D eigenvalue weighted by molar-refractivity contribution is -0.123. The summed E-state index contributed by atoms with van der Waals surface area (Å²) in [6.07, 6.45) is 1.77. The summed E-state index contributed by atoms with van der Waals surface area (Å²) >= 11 is 0. The highest BCUT2D eigenvalue weighted by Gasteiger charge is 2.26. The third-order valence-electron chi connectivity index (χ3n) is 3.88. The van der Waals surface area contributed by atoms with Crippen molar-refractivity contribution in [3.8, 4) is 0 Å². The van der Waals surface area contributed by atoms with Crippen LogP contribution in [0.4, 0.5) is 5.69 Å². The number of carbonyl (C=O) groups is 1. The van der Waals surface area contributed by atoms with E-state index in [9.17, 15) is 4.79 Å². The Kier molecular flexibility index (Phi) is 6.69. The predicted molar refractivity (Wildman–Crippen MR) is 89.4 cm³/mol. The average molecular weight is 291 g/mol. The van der Waals surface area contributed by atoms with E-state index in [2.05, 4.69) is 17.1 Å². The molecule has 3 N–H and O–H groups in total. The number of rotatable bonds is 8. The van der Waals surface area contributed by atoms with E-state index in [0.29, 0.717) is 6.54 Å². The Morgan fingerprint density at radius 2 is 1.95 bits per heavy atom. The standard InChI is InChI=1S/C17H29N3O/c1-5-17(3,4)19-16(21)14(2)20(13-9-12-18)15-10-7-6-8-11-15/h6-8,10-11,14H,5,9,12-13,18H2,1-4H3,(H,19,21). The van der Waals surface area contributed by atoms with Crippen molar-refractivity contribution < 1.29 is 4.79 Å². The van der Waals surface area contributed by atoms with Crippen LogP contribution in [-0.2, 0) is 4.79 Å². The molecule has 0 fully saturated rings. The van der Waals surface area contributed by atoms with E-state index < -0.39 is 0 Å². The van der Waals surface area contributed by atoms with E-state index in [-0.39, 0.29) is 17.5 Å². The first-order valence-corrected chi connectivity index (χ1v) is 7.75. The van der Waals surface area contributed by atoms with E-state index in [4.69, 9.17) is 5.73 Å². The quantitative estimate of drug-likeness (QED) is 0.774. The largest absolute Gasteiger partial charge is 0.360 e. The van der Waals surface area contributed by atoms with Crippen LogP contribution in [0.25, 0.3) is 0 Å². The van der Waals surface area contributed by atoms with Gasteiger partial charge in [-0.1, -0.05) is 25.1 Å². The Labute approximate surface area is 128 Å². The second-order valence-electron chi connectivity index (χ2n) is 6.07. The number of hydrogen-bond acceptors (Lipinski definition) is 3. The lowest BCUT2D eigenvalue weighted by Gasteiger charge is -2.33. The average Bonchev–Trinajstić information content (AvgIpc) is 2.48. The fraction of sp³-hybridized carbons (Fsp3) is 0.588. The molecule has 0 saturated heterocycles. The van der Waals surface area contributed by atoms with Crippen molar-refractivity contribution in [2.45, 2.75) is 52.1 Å². The molecule has 0 bridgehead atoms. The van der Waals surface area contributed by atoms with Gasteiger partial charge < -0.3 is 16.0 Å². The highest BCUT2D eigenvalue weighted by Crippen LogP contribution is 2.18. The first-order chi connectivity index (χ1) is 9.91. The Balaban J connectivity index is 2.85. The zero-order valence-electron chi connectivity index (χ0n) is 13.7. The molecule has 4 heteroatoms. The minimum atomic E-state index is -0.218. The maximum atomic E-state index is 12.5. The molecular formula is C17H29N3O. The molecule has 0 aliphatic rings. The summed E-state index contributed by atoms with van der Waals surface area (Å²) in [7, 11) is 0. The minimum Gasteiger partial charge on any atom is -0.360 e. The van der Waals surface area contributed by atoms with Gasteiger partial charge in [0.25, 0.3) is 0 Å². The highest BCUT2D eigenvalue weighted by molar-refractivity contribution is 5.85. The fourth-order valence-electron chi connectivity index (χ4n) is 2.10. The van der Waals surface area contributed by atoms with Crippen LogP contribution < -0.4 is 16.0 Å². The van der Waals surface area contributed by atoms with Crippen molar-refractivity contribution in [1.29, 1.82) is 0 Å². The van der Waals surface area contributed by atoms with E-state index in [1.165, 1.54) is 0 Å². The molecule has 0 aliphatic heterocycles. The molecule has 0 aromatic heterocycles. The van der Waals surface area contributed by atoms with E-state index in [1.807, 2.05) is 51.1 Å². The molecular weight excluding hydrogens is 262 g/mol. The molecule has 1 aromatic rings. The third-order valence-corrected chi connectivity index (χ3v) is 3.88. The van der Waals surface area contributed by atoms with Gasteiger partial charge in [-0.3, -0.25) is 4.79 Å². The molecule has 1 unspecified atom stereocenters. The molecule has 4 nitrogen and oxygen atoms in total. The van der Waals surface area contributed by atoms with Crippen molar-refractivity contribution >= 4 is 11.6 Å². The van der Waals surface area contributed by atoms with Gasteiger partial charge in [-0.2, -0.15) is 0 Å². The predicted octanol–water partition coefficient (Wildman–Crippen LogP) is 2.54. The number of benzene rings is 1. The van der Waals surface area contributed by atoms with E-state index in [0.717, 1.165) is 25.1 Å². The Morgan fingerprint density at radius 3 is 2.48 bits per heavy atom. The Hall–Kier alpha value is -1.55. The van der Waals surface area contributed by atoms with Crippen molar-refractivity contribution in [3.05, 3.63) is 30.3 Å². The van der Waals surface area contributed by atoms with Gasteiger partial charge in [-0.15, -0.1) is 0 Å². The van der Waals surface area contributed by atoms with Gasteiger partial charge in [0.05, 0.1) is 0 Å². The number of para-hydroxylation sites is 1. The molecule has 1 rings (SSSR count). The number of nitrogens with two attached hydrogens (primary N) is 1. The monoisotopic (exact) mass is 291 g/mol. The van der Waals surface area contributed by atoms with Crippen LogP contribution in [0.1, 0.15) is 40.5 Å². The molecule has 0 radical (unpaired) electrons. The van der Waals surface area contributed by atoms with Gasteiger partial charge >= 0.3 is 0 Å². The van der Waals surface area contributed by atoms with Crippen molar-refractivity contribution in [2.75, 3.05) is 18.0 Å². The summed E-state index contributed by atoms with van der Waals surface area (Å²) in [6.45, 7) is 9.52. The van der Waals surface area contributed by atoms with Gasteiger partial charge in [-0.25, -0.2) is 0 Å². The van der Waals surface area contributed by atoms with Gasteiger partial charge in [0.1, 0.15) is 6.04 Å². The summed E-state index contributed by atoms with van der Waals surface area (Å²) in [4.78, 5) is 14.6. The Morgan fingerprint density at radius 1 is 1.33 bits per heavy atom. The fourth-order valence-corrected chi connectivity index (χ4v) is 2.10. The van der Waals surface area contributed by atoms with Crippen molar-refractivity contribution in [2.24, 2.45) is 5.73 Å². The molecule has 21 heavy (non-hydrogen) atoms. The van der Waals surface area contributed by atoms with Crippen LogP contribution in [0.2, 0.25) is 0 Å². The number of hydrogen-bond donors (Lipinski definition) is 2. The smallest absolute Gasteiger partial charge is 0.242 e. The molecule has 0 aliphatic carbocycles. The normalized spacial score (nSPS) is 12.8. The summed E-state index contributed by atoms with van der Waals surface area (Å²) in [5, 5.41) is 3.12. The topological polar surface area (TPSA) is 58.4 Å². The van der Waals surface area contributed by atoms with Crippen LogP contribution in [0.3, 0.4) is 0 Å². The zero-order chi connectivity index (χ0) is 15.9.